The van der Waals surface area contributed by atoms with Crippen molar-refractivity contribution in [2.45, 2.75) is 12.8 Å². The molecule has 0 aromatic heterocycles. The highest BCUT2D eigenvalue weighted by Crippen LogP contribution is 2.48. The summed E-state index contributed by atoms with van der Waals surface area (Å²) in [7, 11) is 4.47. The molecule has 0 amide bonds. The topological polar surface area (TPSA) is 91.0 Å². The van der Waals surface area contributed by atoms with Gasteiger partial charge in [0.2, 0.25) is 5.75 Å². The fourth-order valence-electron chi connectivity index (χ4n) is 2.07. The Hall–Kier alpha value is -1.47. The highest BCUT2D eigenvalue weighted by molar-refractivity contribution is 9.10. The molecule has 7 heteroatoms. The molecule has 6 nitrogen and oxygen atoms in total. The summed E-state index contributed by atoms with van der Waals surface area (Å²) in [6.07, 6.45) is 0.317. The van der Waals surface area contributed by atoms with Gasteiger partial charge in [0, 0.05) is 5.56 Å². The van der Waals surface area contributed by atoms with Crippen molar-refractivity contribution in [2.24, 2.45) is 5.73 Å². The Bertz CT molecular complexity index is 504. The van der Waals surface area contributed by atoms with Crippen LogP contribution >= 0.6 is 15.9 Å². The third-order valence-electron chi connectivity index (χ3n) is 2.85. The molecule has 0 heterocycles. The number of ether oxygens (including phenoxy) is 3. The lowest BCUT2D eigenvalue weighted by molar-refractivity contribution is -0.136. The summed E-state index contributed by atoms with van der Waals surface area (Å²) in [5.74, 6) is 0.327. The Labute approximate surface area is 125 Å². The third-order valence-corrected chi connectivity index (χ3v) is 3.69. The summed E-state index contributed by atoms with van der Waals surface area (Å²) in [5, 5.41) is 9.07. The van der Waals surface area contributed by atoms with E-state index in [-0.39, 0.29) is 6.42 Å². The Morgan fingerprint density at radius 1 is 1.10 bits per heavy atom. The molecule has 0 unspecified atom stereocenters. The van der Waals surface area contributed by atoms with Gasteiger partial charge in [-0.1, -0.05) is 0 Å². The van der Waals surface area contributed by atoms with Gasteiger partial charge in [-0.05, 0) is 34.5 Å². The zero-order valence-corrected chi connectivity index (χ0v) is 13.2. The van der Waals surface area contributed by atoms with E-state index < -0.39 is 5.97 Å². The van der Waals surface area contributed by atoms with Crippen LogP contribution in [0.3, 0.4) is 0 Å². The molecule has 20 heavy (non-hydrogen) atoms. The fourth-order valence-corrected chi connectivity index (χ4v) is 2.80. The van der Waals surface area contributed by atoms with Gasteiger partial charge < -0.3 is 25.1 Å². The first-order valence-corrected chi connectivity index (χ1v) is 6.72. The predicted octanol–water partition coefficient (Wildman–Crippen LogP) is 1.60. The van der Waals surface area contributed by atoms with Crippen LogP contribution in [0.25, 0.3) is 0 Å². The van der Waals surface area contributed by atoms with Crippen molar-refractivity contribution in [1.29, 1.82) is 0 Å². The number of aliphatic carboxylic acids is 1. The molecule has 0 saturated carbocycles. The van der Waals surface area contributed by atoms with Gasteiger partial charge >= 0.3 is 5.97 Å². The molecule has 1 rings (SSSR count). The van der Waals surface area contributed by atoms with Crippen molar-refractivity contribution < 1.29 is 24.1 Å². The maximum absolute atomic E-state index is 11.1. The van der Waals surface area contributed by atoms with E-state index in [2.05, 4.69) is 15.9 Å². The number of carboxylic acids is 1. The molecule has 0 radical (unpaired) electrons. The molecule has 0 aliphatic heterocycles. The number of halogens is 1. The number of methoxy groups -OCH3 is 3. The summed E-state index contributed by atoms with van der Waals surface area (Å²) >= 11 is 3.38. The van der Waals surface area contributed by atoms with Crippen molar-refractivity contribution in [1.82, 2.24) is 0 Å². The molecule has 0 spiro atoms. The van der Waals surface area contributed by atoms with Gasteiger partial charge in [0.15, 0.2) is 11.5 Å². The molecule has 3 N–H and O–H groups in total. The van der Waals surface area contributed by atoms with Crippen LogP contribution in [0.4, 0.5) is 0 Å². The van der Waals surface area contributed by atoms with Gasteiger partial charge in [-0.2, -0.15) is 0 Å². The molecule has 112 valence electrons. The van der Waals surface area contributed by atoms with Crippen LogP contribution < -0.4 is 19.9 Å². The third kappa shape index (κ3) is 3.16. The van der Waals surface area contributed by atoms with E-state index in [9.17, 15) is 4.79 Å². The van der Waals surface area contributed by atoms with Crippen molar-refractivity contribution in [2.75, 3.05) is 27.9 Å². The largest absolute Gasteiger partial charge is 0.492 e. The van der Waals surface area contributed by atoms with Crippen molar-refractivity contribution in [3.8, 4) is 17.2 Å². The average molecular weight is 348 g/mol. The minimum atomic E-state index is -0.946. The average Bonchev–Trinajstić information content (AvgIpc) is 2.42. The van der Waals surface area contributed by atoms with E-state index in [1.807, 2.05) is 0 Å². The zero-order chi connectivity index (χ0) is 15.3. The predicted molar refractivity (Wildman–Crippen MR) is 77.9 cm³/mol. The van der Waals surface area contributed by atoms with Crippen LogP contribution in [0.2, 0.25) is 0 Å². The monoisotopic (exact) mass is 347 g/mol. The molecule has 0 bridgehead atoms. The van der Waals surface area contributed by atoms with E-state index in [0.717, 1.165) is 0 Å². The van der Waals surface area contributed by atoms with Gasteiger partial charge in [-0.15, -0.1) is 0 Å². The molecule has 1 aromatic carbocycles. The lowest BCUT2D eigenvalue weighted by Gasteiger charge is -2.21. The molecule has 0 saturated heterocycles. The van der Waals surface area contributed by atoms with Crippen molar-refractivity contribution in [3.05, 3.63) is 15.6 Å². The number of carboxylic acid groups (broad SMARTS) is 1. The first kappa shape index (κ1) is 16.6. The quantitative estimate of drug-likeness (QED) is 0.778. The summed E-state index contributed by atoms with van der Waals surface area (Å²) in [6, 6.07) is 0. The first-order valence-electron chi connectivity index (χ1n) is 5.92. The van der Waals surface area contributed by atoms with Gasteiger partial charge in [0.1, 0.15) is 0 Å². The van der Waals surface area contributed by atoms with E-state index >= 15 is 0 Å². The number of hydrogen-bond acceptors (Lipinski definition) is 5. The number of rotatable bonds is 7. The second-order valence-corrected chi connectivity index (χ2v) is 4.77. The first-order chi connectivity index (χ1) is 9.51. The van der Waals surface area contributed by atoms with E-state index in [0.29, 0.717) is 45.8 Å². The Kier molecular flexibility index (Phi) is 6.09. The second kappa shape index (κ2) is 7.35. The highest BCUT2D eigenvalue weighted by Gasteiger charge is 2.25. The number of nitrogens with two attached hydrogens (primary N) is 1. The molecule has 0 fully saturated rings. The molecule has 1 aromatic rings. The van der Waals surface area contributed by atoms with Gasteiger partial charge in [0.25, 0.3) is 0 Å². The van der Waals surface area contributed by atoms with Crippen molar-refractivity contribution >= 4 is 21.9 Å². The van der Waals surface area contributed by atoms with Gasteiger partial charge in [0.05, 0.1) is 32.2 Å². The fraction of sp³-hybridized carbons (Fsp3) is 0.462. The van der Waals surface area contributed by atoms with Gasteiger partial charge in [-0.25, -0.2) is 0 Å². The highest BCUT2D eigenvalue weighted by atomic mass is 79.9. The SMILES string of the molecule is COc1c(Br)c(CC(=O)O)c(CCN)c(OC)c1OC. The standard InChI is InChI=1S/C13H18BrNO5/c1-18-11-7(4-5-15)8(6-9(16)17)10(14)12(19-2)13(11)20-3/h4-6,15H2,1-3H3,(H,16,17). The van der Waals surface area contributed by atoms with Crippen LogP contribution in [0, 0.1) is 0 Å². The normalized spacial score (nSPS) is 10.2. The van der Waals surface area contributed by atoms with Crippen LogP contribution in [0.5, 0.6) is 17.2 Å². The molecular formula is C13H18BrNO5. The summed E-state index contributed by atoms with van der Waals surface area (Å²) in [6.45, 7) is 0.366. The van der Waals surface area contributed by atoms with E-state index in [4.69, 9.17) is 25.1 Å². The summed E-state index contributed by atoms with van der Waals surface area (Å²) in [5.41, 5.74) is 6.90. The maximum Gasteiger partial charge on any atom is 0.307 e. The molecular weight excluding hydrogens is 330 g/mol. The Morgan fingerprint density at radius 3 is 2.05 bits per heavy atom. The molecule has 0 aliphatic carbocycles. The lowest BCUT2D eigenvalue weighted by atomic mass is 9.99. The smallest absolute Gasteiger partial charge is 0.307 e. The van der Waals surface area contributed by atoms with E-state index in [1.54, 1.807) is 0 Å². The summed E-state index contributed by atoms with van der Waals surface area (Å²) < 4.78 is 16.5. The van der Waals surface area contributed by atoms with Gasteiger partial charge in [-0.3, -0.25) is 4.79 Å². The maximum atomic E-state index is 11.1. The Morgan fingerprint density at radius 2 is 1.65 bits per heavy atom. The summed E-state index contributed by atoms with van der Waals surface area (Å²) in [4.78, 5) is 11.1. The minimum Gasteiger partial charge on any atom is -0.492 e. The van der Waals surface area contributed by atoms with Crippen LogP contribution in [0.1, 0.15) is 11.1 Å². The van der Waals surface area contributed by atoms with E-state index in [1.165, 1.54) is 21.3 Å². The van der Waals surface area contributed by atoms with Crippen LogP contribution in [-0.4, -0.2) is 38.9 Å². The van der Waals surface area contributed by atoms with Crippen LogP contribution in [-0.2, 0) is 17.6 Å². The number of hydrogen-bond donors (Lipinski definition) is 2. The molecule has 0 atom stereocenters. The lowest BCUT2D eigenvalue weighted by Crippen LogP contribution is -2.12. The number of benzene rings is 1. The minimum absolute atomic E-state index is 0.160. The van der Waals surface area contributed by atoms with Crippen LogP contribution in [0.15, 0.2) is 4.47 Å². The zero-order valence-electron chi connectivity index (χ0n) is 11.7. The molecule has 0 aliphatic rings. The second-order valence-electron chi connectivity index (χ2n) is 3.98. The van der Waals surface area contributed by atoms with Crippen molar-refractivity contribution in [3.63, 3.8) is 0 Å². The number of carbonyl (C=O) groups is 1. The Balaban J connectivity index is 3.65.